The summed E-state index contributed by atoms with van der Waals surface area (Å²) in [6.07, 6.45) is -3.16. The number of aryl methyl sites for hydroxylation is 1. The third-order valence-electron chi connectivity index (χ3n) is 3.87. The van der Waals surface area contributed by atoms with Crippen LogP contribution >= 0.6 is 0 Å². The second kappa shape index (κ2) is 6.62. The topological polar surface area (TPSA) is 64.0 Å². The van der Waals surface area contributed by atoms with E-state index in [1.807, 2.05) is 13.0 Å². The Bertz CT molecular complexity index is 1020. The summed E-state index contributed by atoms with van der Waals surface area (Å²) in [6, 6.07) is 9.26. The Balaban J connectivity index is 1.77. The zero-order valence-corrected chi connectivity index (χ0v) is 13.7. The maximum atomic E-state index is 12.5. The second-order valence-corrected chi connectivity index (χ2v) is 5.77. The number of alkyl halides is 3. The fourth-order valence-corrected chi connectivity index (χ4v) is 2.55. The number of nitrogens with one attached hydrogen (secondary N) is 1. The number of para-hydroxylation sites is 1. The van der Waals surface area contributed by atoms with E-state index < -0.39 is 17.6 Å². The average molecular weight is 361 g/mol. The van der Waals surface area contributed by atoms with Gasteiger partial charge < -0.3 is 5.32 Å². The third kappa shape index (κ3) is 3.58. The van der Waals surface area contributed by atoms with E-state index in [9.17, 15) is 22.8 Å². The number of aromatic nitrogens is 2. The molecule has 0 unspecified atom stereocenters. The first kappa shape index (κ1) is 17.7. The molecular formula is C18H14F3N3O2. The molecule has 0 spiro atoms. The highest BCUT2D eigenvalue weighted by atomic mass is 19.4. The second-order valence-electron chi connectivity index (χ2n) is 5.77. The van der Waals surface area contributed by atoms with Crippen molar-refractivity contribution >= 4 is 22.5 Å². The van der Waals surface area contributed by atoms with Crippen LogP contribution in [-0.2, 0) is 17.5 Å². The highest BCUT2D eigenvalue weighted by Crippen LogP contribution is 2.29. The summed E-state index contributed by atoms with van der Waals surface area (Å²) in [5, 5.41) is 2.86. The standard InChI is InChI=1S/C18H14F3N3O2/c1-11-3-2-4-14-16(11)22-10-24(17(14)26)9-15(25)23-13-7-5-12(6-8-13)18(19,20)21/h2-8,10H,9H2,1H3,(H,23,25). The lowest BCUT2D eigenvalue weighted by molar-refractivity contribution is -0.137. The molecule has 0 aliphatic carbocycles. The number of hydrogen-bond acceptors (Lipinski definition) is 3. The highest BCUT2D eigenvalue weighted by molar-refractivity contribution is 5.90. The first-order valence-corrected chi connectivity index (χ1v) is 7.67. The van der Waals surface area contributed by atoms with Crippen LogP contribution in [-0.4, -0.2) is 15.5 Å². The maximum absolute atomic E-state index is 12.5. The summed E-state index contributed by atoms with van der Waals surface area (Å²) >= 11 is 0. The van der Waals surface area contributed by atoms with Gasteiger partial charge in [-0.1, -0.05) is 12.1 Å². The van der Waals surface area contributed by atoms with Crippen molar-refractivity contribution in [2.24, 2.45) is 0 Å². The number of anilines is 1. The molecule has 2 aromatic carbocycles. The minimum Gasteiger partial charge on any atom is -0.325 e. The van der Waals surface area contributed by atoms with Crippen LogP contribution in [0.3, 0.4) is 0 Å². The van der Waals surface area contributed by atoms with Crippen LogP contribution in [0.25, 0.3) is 10.9 Å². The average Bonchev–Trinajstić information content (AvgIpc) is 2.57. The monoisotopic (exact) mass is 361 g/mol. The van der Waals surface area contributed by atoms with Crippen LogP contribution in [0, 0.1) is 6.92 Å². The van der Waals surface area contributed by atoms with Gasteiger partial charge in [0.15, 0.2) is 0 Å². The van der Waals surface area contributed by atoms with Gasteiger partial charge in [-0.15, -0.1) is 0 Å². The van der Waals surface area contributed by atoms with Crippen molar-refractivity contribution < 1.29 is 18.0 Å². The van der Waals surface area contributed by atoms with Gasteiger partial charge >= 0.3 is 6.18 Å². The van der Waals surface area contributed by atoms with Crippen molar-refractivity contribution in [3.63, 3.8) is 0 Å². The SMILES string of the molecule is Cc1cccc2c(=O)n(CC(=O)Nc3ccc(C(F)(F)F)cc3)cnc12. The van der Waals surface area contributed by atoms with Crippen LogP contribution in [0.4, 0.5) is 18.9 Å². The molecule has 5 nitrogen and oxygen atoms in total. The lowest BCUT2D eigenvalue weighted by Crippen LogP contribution is -2.28. The zero-order chi connectivity index (χ0) is 18.9. The first-order chi connectivity index (χ1) is 12.3. The number of carbonyl (C=O) groups excluding carboxylic acids is 1. The van der Waals surface area contributed by atoms with Crippen molar-refractivity contribution in [1.82, 2.24) is 9.55 Å². The summed E-state index contributed by atoms with van der Waals surface area (Å²) in [5.41, 5.74) is 0.459. The van der Waals surface area contributed by atoms with Crippen molar-refractivity contribution in [3.05, 3.63) is 70.3 Å². The number of fused-ring (bicyclic) bond motifs is 1. The number of rotatable bonds is 3. The van der Waals surface area contributed by atoms with E-state index in [0.29, 0.717) is 10.9 Å². The van der Waals surface area contributed by atoms with Gasteiger partial charge in [-0.3, -0.25) is 14.2 Å². The minimum absolute atomic E-state index is 0.209. The van der Waals surface area contributed by atoms with Gasteiger partial charge in [0.1, 0.15) is 6.54 Å². The molecule has 0 atom stereocenters. The molecule has 26 heavy (non-hydrogen) atoms. The molecule has 1 heterocycles. The van der Waals surface area contributed by atoms with Gasteiger partial charge in [0, 0.05) is 5.69 Å². The van der Waals surface area contributed by atoms with Crippen LogP contribution in [0.15, 0.2) is 53.6 Å². The molecule has 1 N–H and O–H groups in total. The van der Waals surface area contributed by atoms with Gasteiger partial charge in [-0.2, -0.15) is 13.2 Å². The molecule has 3 aromatic rings. The Morgan fingerprint density at radius 1 is 1.15 bits per heavy atom. The normalized spacial score (nSPS) is 11.5. The van der Waals surface area contributed by atoms with Crippen molar-refractivity contribution in [2.45, 2.75) is 19.6 Å². The van der Waals surface area contributed by atoms with Crippen LogP contribution < -0.4 is 10.9 Å². The molecule has 0 aliphatic heterocycles. The number of nitrogens with zero attached hydrogens (tertiary/aromatic N) is 2. The summed E-state index contributed by atoms with van der Waals surface area (Å²) in [4.78, 5) is 28.7. The van der Waals surface area contributed by atoms with E-state index in [1.54, 1.807) is 12.1 Å². The Hall–Kier alpha value is -3.16. The van der Waals surface area contributed by atoms with Gasteiger partial charge in [0.05, 0.1) is 22.8 Å². The van der Waals surface area contributed by atoms with Crippen LogP contribution in [0.2, 0.25) is 0 Å². The van der Waals surface area contributed by atoms with Crippen molar-refractivity contribution in [2.75, 3.05) is 5.32 Å². The molecule has 1 aromatic heterocycles. The van der Waals surface area contributed by atoms with E-state index in [-0.39, 0.29) is 17.8 Å². The van der Waals surface area contributed by atoms with Crippen molar-refractivity contribution in [3.8, 4) is 0 Å². The van der Waals surface area contributed by atoms with Gasteiger partial charge in [0.25, 0.3) is 5.56 Å². The number of carbonyl (C=O) groups is 1. The molecule has 3 rings (SSSR count). The first-order valence-electron chi connectivity index (χ1n) is 7.67. The summed E-state index contributed by atoms with van der Waals surface area (Å²) in [7, 11) is 0. The molecule has 134 valence electrons. The van der Waals surface area contributed by atoms with E-state index in [0.717, 1.165) is 34.4 Å². The zero-order valence-electron chi connectivity index (χ0n) is 13.7. The smallest absolute Gasteiger partial charge is 0.325 e. The molecule has 8 heteroatoms. The Morgan fingerprint density at radius 2 is 1.85 bits per heavy atom. The predicted molar refractivity (Wildman–Crippen MR) is 90.8 cm³/mol. The largest absolute Gasteiger partial charge is 0.416 e. The van der Waals surface area contributed by atoms with E-state index >= 15 is 0 Å². The molecule has 0 aliphatic rings. The molecule has 0 bridgehead atoms. The quantitative estimate of drug-likeness (QED) is 0.778. The predicted octanol–water partition coefficient (Wildman–Crippen LogP) is 3.36. The number of halogens is 3. The summed E-state index contributed by atoms with van der Waals surface area (Å²) in [6.45, 7) is 1.53. The number of amides is 1. The molecule has 0 saturated heterocycles. The Kier molecular flexibility index (Phi) is 4.50. The fraction of sp³-hybridized carbons (Fsp3) is 0.167. The summed E-state index contributed by atoms with van der Waals surface area (Å²) < 4.78 is 38.8. The Morgan fingerprint density at radius 3 is 2.50 bits per heavy atom. The minimum atomic E-state index is -4.44. The molecular weight excluding hydrogens is 347 g/mol. The van der Waals surface area contributed by atoms with E-state index in [4.69, 9.17) is 0 Å². The van der Waals surface area contributed by atoms with Gasteiger partial charge in [-0.05, 0) is 42.8 Å². The lowest BCUT2D eigenvalue weighted by Gasteiger charge is -2.10. The fourth-order valence-electron chi connectivity index (χ4n) is 2.55. The third-order valence-corrected chi connectivity index (χ3v) is 3.87. The van der Waals surface area contributed by atoms with Gasteiger partial charge in [0.2, 0.25) is 5.91 Å². The highest BCUT2D eigenvalue weighted by Gasteiger charge is 2.29. The van der Waals surface area contributed by atoms with Crippen LogP contribution in [0.1, 0.15) is 11.1 Å². The number of benzene rings is 2. The van der Waals surface area contributed by atoms with Crippen LogP contribution in [0.5, 0.6) is 0 Å². The lowest BCUT2D eigenvalue weighted by atomic mass is 10.1. The maximum Gasteiger partial charge on any atom is 0.416 e. The number of hydrogen-bond donors (Lipinski definition) is 1. The van der Waals surface area contributed by atoms with Gasteiger partial charge in [-0.25, -0.2) is 4.98 Å². The van der Waals surface area contributed by atoms with E-state index in [1.165, 1.54) is 6.33 Å². The molecule has 0 fully saturated rings. The molecule has 0 radical (unpaired) electrons. The Labute approximate surface area is 146 Å². The van der Waals surface area contributed by atoms with Crippen molar-refractivity contribution in [1.29, 1.82) is 0 Å². The summed E-state index contributed by atoms with van der Waals surface area (Å²) in [5.74, 6) is -0.541. The molecule has 0 saturated carbocycles. The molecule has 1 amide bonds. The van der Waals surface area contributed by atoms with E-state index in [2.05, 4.69) is 10.3 Å².